The molecular formula is C28H39N3O7S. The number of carbonyl (C=O) groups excluding carboxylic acids is 3. The second-order valence-electron chi connectivity index (χ2n) is 9.33. The first-order valence-electron chi connectivity index (χ1n) is 13.4. The van der Waals surface area contributed by atoms with Crippen LogP contribution < -0.4 is 20.1 Å². The van der Waals surface area contributed by atoms with Gasteiger partial charge in [-0.15, -0.1) is 11.3 Å². The molecule has 0 radical (unpaired) electrons. The second-order valence-corrected chi connectivity index (χ2v) is 10.4. The van der Waals surface area contributed by atoms with Crippen molar-refractivity contribution in [3.8, 4) is 11.5 Å². The van der Waals surface area contributed by atoms with Crippen LogP contribution in [0.3, 0.4) is 0 Å². The summed E-state index contributed by atoms with van der Waals surface area (Å²) in [5.41, 5.74) is 0.677. The highest BCUT2D eigenvalue weighted by atomic mass is 32.1. The van der Waals surface area contributed by atoms with Gasteiger partial charge in [0.05, 0.1) is 32.2 Å². The van der Waals surface area contributed by atoms with E-state index in [-0.39, 0.29) is 25.9 Å². The number of unbranched alkanes of at least 4 members (excludes halogenated alkanes) is 2. The number of hydrogen-bond acceptors (Lipinski definition) is 8. The molecular weight excluding hydrogens is 522 g/mol. The molecule has 3 amide bonds. The number of amides is 3. The maximum Gasteiger partial charge on any atom is 0.410 e. The van der Waals surface area contributed by atoms with Gasteiger partial charge in [-0.05, 0) is 42.0 Å². The third-order valence-corrected chi connectivity index (χ3v) is 7.18. The summed E-state index contributed by atoms with van der Waals surface area (Å²) in [5, 5.41) is 7.78. The van der Waals surface area contributed by atoms with Crippen LogP contribution in [0.2, 0.25) is 0 Å². The van der Waals surface area contributed by atoms with Gasteiger partial charge in [0.15, 0.2) is 11.5 Å². The van der Waals surface area contributed by atoms with Gasteiger partial charge in [0, 0.05) is 11.4 Å². The fraction of sp³-hybridized carbons (Fsp3) is 0.536. The molecule has 1 aliphatic heterocycles. The normalized spacial score (nSPS) is 13.3. The van der Waals surface area contributed by atoms with E-state index in [1.54, 1.807) is 34.4 Å². The summed E-state index contributed by atoms with van der Waals surface area (Å²) in [5.74, 6) is 0.688. The van der Waals surface area contributed by atoms with Crippen LogP contribution in [0, 0.1) is 0 Å². The second kappa shape index (κ2) is 15.8. The average molecular weight is 562 g/mol. The Balaban J connectivity index is 1.62. The molecule has 11 heteroatoms. The third-order valence-electron chi connectivity index (χ3n) is 6.32. The molecule has 3 rings (SSSR count). The van der Waals surface area contributed by atoms with E-state index in [0.717, 1.165) is 30.6 Å². The topological polar surface area (TPSA) is 115 Å². The number of fused-ring (bicyclic) bond motifs is 1. The maximum absolute atomic E-state index is 13.1. The Morgan fingerprint density at radius 2 is 1.87 bits per heavy atom. The SMILES string of the molecule is CCCCC(COC(=O)N(CCCC)Cc1cccs1)NC(=O)NC(CC(=O)OC)c1ccc2c(c1)OCO2. The van der Waals surface area contributed by atoms with Crippen LogP contribution in [0.25, 0.3) is 0 Å². The summed E-state index contributed by atoms with van der Waals surface area (Å²) in [6.45, 7) is 5.40. The fourth-order valence-corrected chi connectivity index (χ4v) is 4.82. The fourth-order valence-electron chi connectivity index (χ4n) is 4.10. The summed E-state index contributed by atoms with van der Waals surface area (Å²) >= 11 is 1.60. The first-order valence-corrected chi connectivity index (χ1v) is 14.3. The molecule has 39 heavy (non-hydrogen) atoms. The van der Waals surface area contributed by atoms with Crippen LogP contribution in [-0.2, 0) is 20.8 Å². The van der Waals surface area contributed by atoms with Crippen LogP contribution in [0.15, 0.2) is 35.7 Å². The molecule has 0 saturated carbocycles. The number of methoxy groups -OCH3 is 1. The van der Waals surface area contributed by atoms with Gasteiger partial charge in [-0.1, -0.05) is 45.2 Å². The minimum atomic E-state index is -0.656. The van der Waals surface area contributed by atoms with E-state index in [0.29, 0.717) is 36.6 Å². The van der Waals surface area contributed by atoms with Crippen LogP contribution in [0.1, 0.15) is 68.9 Å². The minimum absolute atomic E-state index is 0.0466. The van der Waals surface area contributed by atoms with Crippen LogP contribution >= 0.6 is 11.3 Å². The number of nitrogens with zero attached hydrogens (tertiary/aromatic N) is 1. The summed E-state index contributed by atoms with van der Waals surface area (Å²) in [4.78, 5) is 40.9. The average Bonchev–Trinajstić information content (AvgIpc) is 3.63. The number of ether oxygens (including phenoxy) is 4. The lowest BCUT2D eigenvalue weighted by Gasteiger charge is -2.25. The Labute approximate surface area is 233 Å². The smallest absolute Gasteiger partial charge is 0.410 e. The quantitative estimate of drug-likeness (QED) is 0.281. The molecule has 214 valence electrons. The van der Waals surface area contributed by atoms with E-state index in [1.165, 1.54) is 7.11 Å². The third kappa shape index (κ3) is 9.65. The molecule has 0 fully saturated rings. The van der Waals surface area contributed by atoms with E-state index in [1.807, 2.05) is 17.5 Å². The highest BCUT2D eigenvalue weighted by Crippen LogP contribution is 2.35. The molecule has 2 aromatic rings. The van der Waals surface area contributed by atoms with Gasteiger partial charge in [-0.25, -0.2) is 9.59 Å². The van der Waals surface area contributed by atoms with Gasteiger partial charge in [0.1, 0.15) is 6.61 Å². The van der Waals surface area contributed by atoms with Crippen molar-refractivity contribution in [3.63, 3.8) is 0 Å². The number of hydrogen-bond donors (Lipinski definition) is 2. The first-order chi connectivity index (χ1) is 18.9. The molecule has 1 aromatic carbocycles. The standard InChI is InChI=1S/C28H39N3O7S/c1-4-6-9-21(18-36-28(34)31(13-7-5-2)17-22-10-8-14-39-22)29-27(33)30-23(16-26(32)35-3)20-11-12-24-25(15-20)38-19-37-24/h8,10-12,14-15,21,23H,4-7,9,13,16-19H2,1-3H3,(H2,29,30,33). The molecule has 2 heterocycles. The molecule has 2 atom stereocenters. The van der Waals surface area contributed by atoms with Crippen molar-refractivity contribution in [2.75, 3.05) is 27.1 Å². The molecule has 0 aliphatic carbocycles. The van der Waals surface area contributed by atoms with Gasteiger partial charge < -0.3 is 34.5 Å². The number of rotatable bonds is 15. The summed E-state index contributed by atoms with van der Waals surface area (Å²) < 4.78 is 21.3. The molecule has 0 spiro atoms. The summed E-state index contributed by atoms with van der Waals surface area (Å²) in [6.07, 6.45) is 3.80. The Hall–Kier alpha value is -3.47. The minimum Gasteiger partial charge on any atom is -0.469 e. The van der Waals surface area contributed by atoms with Crippen LogP contribution in [-0.4, -0.2) is 56.1 Å². The van der Waals surface area contributed by atoms with Crippen molar-refractivity contribution in [1.29, 1.82) is 0 Å². The van der Waals surface area contributed by atoms with E-state index >= 15 is 0 Å². The Morgan fingerprint density at radius 3 is 2.59 bits per heavy atom. The number of benzene rings is 1. The van der Waals surface area contributed by atoms with Crippen molar-refractivity contribution in [3.05, 3.63) is 46.2 Å². The lowest BCUT2D eigenvalue weighted by molar-refractivity contribution is -0.141. The van der Waals surface area contributed by atoms with E-state index in [9.17, 15) is 14.4 Å². The zero-order valence-corrected chi connectivity index (χ0v) is 23.7. The lowest BCUT2D eigenvalue weighted by atomic mass is 10.0. The first kappa shape index (κ1) is 30.1. The van der Waals surface area contributed by atoms with E-state index < -0.39 is 24.1 Å². The number of thiophene rings is 1. The molecule has 1 aromatic heterocycles. The molecule has 10 nitrogen and oxygen atoms in total. The number of urea groups is 1. The maximum atomic E-state index is 13.1. The van der Waals surface area contributed by atoms with Gasteiger partial charge in [0.25, 0.3) is 0 Å². The van der Waals surface area contributed by atoms with E-state index in [4.69, 9.17) is 18.9 Å². The lowest BCUT2D eigenvalue weighted by Crippen LogP contribution is -2.46. The summed E-state index contributed by atoms with van der Waals surface area (Å²) in [7, 11) is 1.30. The van der Waals surface area contributed by atoms with Gasteiger partial charge >= 0.3 is 18.1 Å². The van der Waals surface area contributed by atoms with Crippen LogP contribution in [0.4, 0.5) is 9.59 Å². The number of carbonyl (C=O) groups is 3. The predicted octanol–water partition coefficient (Wildman–Crippen LogP) is 5.38. The van der Waals surface area contributed by atoms with Gasteiger partial charge in [-0.3, -0.25) is 4.79 Å². The zero-order valence-electron chi connectivity index (χ0n) is 22.9. The Morgan fingerprint density at radius 1 is 1.08 bits per heavy atom. The highest BCUT2D eigenvalue weighted by Gasteiger charge is 2.24. The zero-order chi connectivity index (χ0) is 28.0. The molecule has 2 unspecified atom stereocenters. The van der Waals surface area contributed by atoms with Crippen molar-refractivity contribution >= 4 is 29.4 Å². The van der Waals surface area contributed by atoms with Gasteiger partial charge in [-0.2, -0.15) is 0 Å². The number of nitrogens with one attached hydrogen (secondary N) is 2. The monoisotopic (exact) mass is 561 g/mol. The van der Waals surface area contributed by atoms with Crippen LogP contribution in [0.5, 0.6) is 11.5 Å². The molecule has 0 bridgehead atoms. The largest absolute Gasteiger partial charge is 0.469 e. The summed E-state index contributed by atoms with van der Waals surface area (Å²) in [6, 6.07) is 7.70. The molecule has 0 saturated heterocycles. The van der Waals surface area contributed by atoms with Crippen molar-refractivity contribution < 1.29 is 33.3 Å². The highest BCUT2D eigenvalue weighted by molar-refractivity contribution is 7.09. The Bertz CT molecular complexity index is 1060. The molecule has 1 aliphatic rings. The molecule has 2 N–H and O–H groups in total. The van der Waals surface area contributed by atoms with Crippen molar-refractivity contribution in [2.45, 2.75) is 71.0 Å². The van der Waals surface area contributed by atoms with Crippen molar-refractivity contribution in [1.82, 2.24) is 15.5 Å². The van der Waals surface area contributed by atoms with Crippen molar-refractivity contribution in [2.24, 2.45) is 0 Å². The van der Waals surface area contributed by atoms with Gasteiger partial charge in [0.2, 0.25) is 6.79 Å². The number of esters is 1. The Kier molecular flexibility index (Phi) is 12.2. The van der Waals surface area contributed by atoms with E-state index in [2.05, 4.69) is 24.5 Å². The predicted molar refractivity (Wildman–Crippen MR) is 148 cm³/mol.